The molecule has 1 unspecified atom stereocenters. The average molecular weight is 513 g/mol. The summed E-state index contributed by atoms with van der Waals surface area (Å²) in [4.78, 5) is 37.0. The van der Waals surface area contributed by atoms with Gasteiger partial charge in [-0.15, -0.1) is 0 Å². The van der Waals surface area contributed by atoms with Crippen LogP contribution in [0.4, 0.5) is 10.5 Å². The Morgan fingerprint density at radius 2 is 1.60 bits per heavy atom. The number of carbonyl (C=O) groups excluding carboxylic acids is 2. The van der Waals surface area contributed by atoms with Crippen molar-refractivity contribution in [2.45, 2.75) is 25.3 Å². The molecular weight excluding hydrogens is 491 g/mol. The zero-order chi connectivity index (χ0) is 25.1. The molecule has 180 valence electrons. The van der Waals surface area contributed by atoms with Gasteiger partial charge in [-0.2, -0.15) is 0 Å². The van der Waals surface area contributed by atoms with Gasteiger partial charge >= 0.3 is 12.1 Å². The molecule has 7 nitrogen and oxygen atoms in total. The van der Waals surface area contributed by atoms with Crippen molar-refractivity contribution in [2.24, 2.45) is 0 Å². The fraction of sp³-hybridized carbons (Fsp3) is 0.192. The van der Waals surface area contributed by atoms with Crippen LogP contribution in [0.2, 0.25) is 10.0 Å². The van der Waals surface area contributed by atoms with E-state index in [0.29, 0.717) is 0 Å². The molecule has 1 aliphatic carbocycles. The van der Waals surface area contributed by atoms with Crippen molar-refractivity contribution in [2.75, 3.05) is 11.9 Å². The Morgan fingerprint density at radius 1 is 1.00 bits per heavy atom. The van der Waals surface area contributed by atoms with Crippen molar-refractivity contribution in [3.8, 4) is 11.1 Å². The summed E-state index contributed by atoms with van der Waals surface area (Å²) >= 11 is 12.0. The lowest BCUT2D eigenvalue weighted by Gasteiger charge is -2.19. The van der Waals surface area contributed by atoms with Crippen LogP contribution in [0, 0.1) is 0 Å². The molecule has 0 heterocycles. The summed E-state index contributed by atoms with van der Waals surface area (Å²) in [6.45, 7) is 1.81. The molecule has 0 spiro atoms. The number of halogens is 2. The SMILES string of the molecule is CCC(NC(=O)OCC1c2ccccc2-c2ccccc21)C(=O)Nc1c(Cl)cc(Cl)cc1C(=O)O. The van der Waals surface area contributed by atoms with Crippen LogP contribution < -0.4 is 10.6 Å². The number of amides is 2. The van der Waals surface area contributed by atoms with E-state index in [1.54, 1.807) is 6.92 Å². The first-order valence-corrected chi connectivity index (χ1v) is 11.7. The summed E-state index contributed by atoms with van der Waals surface area (Å²) in [5.74, 6) is -2.05. The number of ether oxygens (including phenoxy) is 1. The van der Waals surface area contributed by atoms with Crippen molar-refractivity contribution in [3.63, 3.8) is 0 Å². The number of aromatic carboxylic acids is 1. The van der Waals surface area contributed by atoms with Gasteiger partial charge < -0.3 is 20.5 Å². The first kappa shape index (κ1) is 24.6. The van der Waals surface area contributed by atoms with E-state index >= 15 is 0 Å². The molecule has 0 bridgehead atoms. The zero-order valence-corrected chi connectivity index (χ0v) is 20.2. The molecule has 1 atom stereocenters. The first-order valence-electron chi connectivity index (χ1n) is 10.9. The van der Waals surface area contributed by atoms with Crippen LogP contribution in [-0.2, 0) is 9.53 Å². The third-order valence-electron chi connectivity index (χ3n) is 5.89. The highest BCUT2D eigenvalue weighted by molar-refractivity contribution is 6.37. The number of nitrogens with one attached hydrogen (secondary N) is 2. The Bertz CT molecular complexity index is 1270. The Balaban J connectivity index is 1.43. The Kier molecular flexibility index (Phi) is 7.28. The minimum Gasteiger partial charge on any atom is -0.478 e. The highest BCUT2D eigenvalue weighted by Crippen LogP contribution is 2.44. The summed E-state index contributed by atoms with van der Waals surface area (Å²) < 4.78 is 5.51. The molecule has 3 aromatic carbocycles. The van der Waals surface area contributed by atoms with Gasteiger partial charge in [0, 0.05) is 10.9 Å². The van der Waals surface area contributed by atoms with Crippen LogP contribution in [0.15, 0.2) is 60.7 Å². The second-order valence-corrected chi connectivity index (χ2v) is 8.88. The second-order valence-electron chi connectivity index (χ2n) is 8.04. The quantitative estimate of drug-likeness (QED) is 0.362. The molecule has 35 heavy (non-hydrogen) atoms. The normalized spacial score (nSPS) is 12.9. The predicted octanol–water partition coefficient (Wildman–Crippen LogP) is 5.95. The fourth-order valence-corrected chi connectivity index (χ4v) is 4.76. The van der Waals surface area contributed by atoms with Gasteiger partial charge in [-0.25, -0.2) is 9.59 Å². The molecule has 0 aromatic heterocycles. The smallest absolute Gasteiger partial charge is 0.407 e. The molecule has 0 saturated carbocycles. The highest BCUT2D eigenvalue weighted by Gasteiger charge is 2.30. The van der Waals surface area contributed by atoms with E-state index in [9.17, 15) is 19.5 Å². The number of anilines is 1. The predicted molar refractivity (Wildman–Crippen MR) is 134 cm³/mol. The van der Waals surface area contributed by atoms with Crippen LogP contribution in [0.3, 0.4) is 0 Å². The average Bonchev–Trinajstić information content (AvgIpc) is 3.16. The van der Waals surface area contributed by atoms with Crippen LogP contribution >= 0.6 is 23.2 Å². The number of fused-ring (bicyclic) bond motifs is 3. The molecule has 4 rings (SSSR count). The summed E-state index contributed by atoms with van der Waals surface area (Å²) in [6.07, 6.45) is -0.515. The highest BCUT2D eigenvalue weighted by atomic mass is 35.5. The Hall–Kier alpha value is -3.55. The van der Waals surface area contributed by atoms with E-state index in [1.165, 1.54) is 12.1 Å². The van der Waals surface area contributed by atoms with Crippen molar-refractivity contribution < 1.29 is 24.2 Å². The molecule has 2 amide bonds. The number of alkyl carbamates (subject to hydrolysis) is 1. The monoisotopic (exact) mass is 512 g/mol. The maximum Gasteiger partial charge on any atom is 0.407 e. The molecule has 0 saturated heterocycles. The lowest BCUT2D eigenvalue weighted by molar-refractivity contribution is -0.118. The topological polar surface area (TPSA) is 105 Å². The molecule has 3 aromatic rings. The van der Waals surface area contributed by atoms with Gasteiger partial charge in [-0.1, -0.05) is 78.7 Å². The number of carboxylic acid groups (broad SMARTS) is 1. The molecule has 0 radical (unpaired) electrons. The maximum atomic E-state index is 12.8. The molecule has 0 fully saturated rings. The lowest BCUT2D eigenvalue weighted by atomic mass is 9.98. The lowest BCUT2D eigenvalue weighted by Crippen LogP contribution is -2.44. The van der Waals surface area contributed by atoms with E-state index in [4.69, 9.17) is 27.9 Å². The fourth-order valence-electron chi connectivity index (χ4n) is 4.21. The molecular formula is C26H22Cl2N2O5. The Morgan fingerprint density at radius 3 is 2.17 bits per heavy atom. The van der Waals surface area contributed by atoms with Gasteiger partial charge in [0.25, 0.3) is 0 Å². The van der Waals surface area contributed by atoms with Crippen molar-refractivity contribution in [3.05, 3.63) is 87.4 Å². The number of benzene rings is 3. The summed E-state index contributed by atoms with van der Waals surface area (Å²) in [6, 6.07) is 17.5. The maximum absolute atomic E-state index is 12.8. The van der Waals surface area contributed by atoms with Gasteiger partial charge in [0.1, 0.15) is 12.6 Å². The molecule has 9 heteroatoms. The van der Waals surface area contributed by atoms with Gasteiger partial charge in [-0.3, -0.25) is 4.79 Å². The summed E-state index contributed by atoms with van der Waals surface area (Å²) in [5.41, 5.74) is 4.01. The van der Waals surface area contributed by atoms with Crippen LogP contribution in [0.5, 0.6) is 0 Å². The second kappa shape index (κ2) is 10.4. The Labute approximate surface area is 212 Å². The van der Waals surface area contributed by atoms with E-state index in [1.807, 2.05) is 48.5 Å². The zero-order valence-electron chi connectivity index (χ0n) is 18.7. The van der Waals surface area contributed by atoms with Crippen molar-refractivity contribution in [1.29, 1.82) is 0 Å². The van der Waals surface area contributed by atoms with Crippen LogP contribution in [-0.4, -0.2) is 35.7 Å². The van der Waals surface area contributed by atoms with Gasteiger partial charge in [-0.05, 0) is 40.8 Å². The van der Waals surface area contributed by atoms with E-state index in [2.05, 4.69) is 10.6 Å². The van der Waals surface area contributed by atoms with E-state index in [-0.39, 0.29) is 40.2 Å². The molecule has 1 aliphatic rings. The standard InChI is InChI=1S/C26H22Cl2N2O5/c1-2-22(24(31)30-23-19(25(32)33)11-14(27)12-21(23)28)29-26(34)35-13-20-17-9-5-3-7-15(17)16-8-4-6-10-18(16)20/h3-12,20,22H,2,13H2,1H3,(H,29,34)(H,30,31)(H,32,33). The van der Waals surface area contributed by atoms with Crippen molar-refractivity contribution in [1.82, 2.24) is 5.32 Å². The minimum atomic E-state index is -1.30. The van der Waals surface area contributed by atoms with Gasteiger partial charge in [0.15, 0.2) is 0 Å². The van der Waals surface area contributed by atoms with Crippen molar-refractivity contribution >= 4 is 46.9 Å². The van der Waals surface area contributed by atoms with E-state index in [0.717, 1.165) is 22.3 Å². The summed E-state index contributed by atoms with van der Waals surface area (Å²) in [5, 5.41) is 14.5. The van der Waals surface area contributed by atoms with E-state index < -0.39 is 24.0 Å². The number of rotatable bonds is 7. The number of hydrogen-bond acceptors (Lipinski definition) is 4. The van der Waals surface area contributed by atoms with Gasteiger partial charge in [0.05, 0.1) is 16.3 Å². The molecule has 0 aliphatic heterocycles. The number of hydrogen-bond donors (Lipinski definition) is 3. The third-order valence-corrected chi connectivity index (χ3v) is 6.41. The third kappa shape index (κ3) is 5.11. The van der Waals surface area contributed by atoms with Crippen LogP contribution in [0.25, 0.3) is 11.1 Å². The number of carbonyl (C=O) groups is 3. The first-order chi connectivity index (χ1) is 16.8. The van der Waals surface area contributed by atoms with Gasteiger partial charge in [0.2, 0.25) is 5.91 Å². The summed E-state index contributed by atoms with van der Waals surface area (Å²) in [7, 11) is 0. The van der Waals surface area contributed by atoms with Crippen LogP contribution in [0.1, 0.15) is 40.7 Å². The number of carboxylic acids is 1. The molecule has 3 N–H and O–H groups in total. The largest absolute Gasteiger partial charge is 0.478 e. The minimum absolute atomic E-state index is 0.0285.